The first kappa shape index (κ1) is 24.4. The van der Waals surface area contributed by atoms with Gasteiger partial charge < -0.3 is 10.3 Å². The number of thiophene rings is 1. The second kappa shape index (κ2) is 10.4. The fourth-order valence-electron chi connectivity index (χ4n) is 5.28. The minimum absolute atomic E-state index is 0. The lowest BCUT2D eigenvalue weighted by molar-refractivity contribution is 0.489. The molecule has 0 radical (unpaired) electrons. The van der Waals surface area contributed by atoms with Crippen LogP contribution in [0.1, 0.15) is 38.7 Å². The van der Waals surface area contributed by atoms with E-state index >= 15 is 0 Å². The van der Waals surface area contributed by atoms with E-state index in [0.29, 0.717) is 11.5 Å². The van der Waals surface area contributed by atoms with Crippen LogP contribution in [0.3, 0.4) is 0 Å². The summed E-state index contributed by atoms with van der Waals surface area (Å²) in [6.07, 6.45) is 14.8. The highest BCUT2D eigenvalue weighted by Gasteiger charge is 2.17. The fourth-order valence-corrected chi connectivity index (χ4v) is 6.02. The van der Waals surface area contributed by atoms with Crippen molar-refractivity contribution < 1.29 is 0 Å². The summed E-state index contributed by atoms with van der Waals surface area (Å²) in [5, 5.41) is 14.2. The SMILES string of the molecule is C.c1csc(-c2cncc3[nH]c(-c4[nH]nc5ncc(-c6cncc(CNCC7CCCC7)c6)cc45)nc23)c1. The summed E-state index contributed by atoms with van der Waals surface area (Å²) in [6, 6.07) is 8.43. The highest BCUT2D eigenvalue weighted by Crippen LogP contribution is 2.33. The van der Waals surface area contributed by atoms with E-state index in [2.05, 4.69) is 59.0 Å². The molecule has 0 unspecified atom stereocenters. The summed E-state index contributed by atoms with van der Waals surface area (Å²) in [7, 11) is 0. The maximum atomic E-state index is 4.94. The maximum absolute atomic E-state index is 4.94. The third kappa shape index (κ3) is 4.59. The van der Waals surface area contributed by atoms with E-state index in [4.69, 9.17) is 4.98 Å². The van der Waals surface area contributed by atoms with E-state index < -0.39 is 0 Å². The molecule has 0 aliphatic heterocycles. The zero-order valence-corrected chi connectivity index (χ0v) is 21.1. The van der Waals surface area contributed by atoms with Gasteiger partial charge in [-0.3, -0.25) is 15.1 Å². The van der Waals surface area contributed by atoms with Crippen molar-refractivity contribution in [2.24, 2.45) is 5.92 Å². The number of fused-ring (bicyclic) bond motifs is 2. The van der Waals surface area contributed by atoms with Crippen molar-refractivity contribution in [3.8, 4) is 33.1 Å². The van der Waals surface area contributed by atoms with Gasteiger partial charge in [0.25, 0.3) is 0 Å². The van der Waals surface area contributed by atoms with Gasteiger partial charge in [0.05, 0.1) is 17.1 Å². The average molecular weight is 523 g/mol. The fraction of sp³-hybridized carbons (Fsp3) is 0.276. The number of hydrogen-bond donors (Lipinski definition) is 3. The zero-order valence-electron chi connectivity index (χ0n) is 20.2. The lowest BCUT2D eigenvalue weighted by Crippen LogP contribution is -2.20. The first-order valence-electron chi connectivity index (χ1n) is 12.7. The minimum Gasteiger partial charge on any atom is -0.335 e. The number of pyridine rings is 3. The Morgan fingerprint density at radius 2 is 1.87 bits per heavy atom. The number of imidazole rings is 1. The Balaban J connectivity index is 0.00000264. The van der Waals surface area contributed by atoms with Gasteiger partial charge in [-0.05, 0) is 54.4 Å². The van der Waals surface area contributed by atoms with Crippen LogP contribution in [-0.2, 0) is 6.54 Å². The van der Waals surface area contributed by atoms with Crippen molar-refractivity contribution in [3.63, 3.8) is 0 Å². The van der Waals surface area contributed by atoms with E-state index in [1.165, 1.54) is 31.2 Å². The second-order valence-corrected chi connectivity index (χ2v) is 10.7. The number of H-pyrrole nitrogens is 2. The van der Waals surface area contributed by atoms with Crippen LogP contribution in [-0.4, -0.2) is 41.7 Å². The second-order valence-electron chi connectivity index (χ2n) is 9.70. The Kier molecular flexibility index (Phi) is 6.70. The third-order valence-electron chi connectivity index (χ3n) is 7.19. The van der Waals surface area contributed by atoms with Gasteiger partial charge in [-0.1, -0.05) is 26.3 Å². The number of nitrogens with one attached hydrogen (secondary N) is 3. The first-order chi connectivity index (χ1) is 18.3. The molecule has 1 aliphatic carbocycles. The van der Waals surface area contributed by atoms with E-state index in [-0.39, 0.29) is 7.43 Å². The summed E-state index contributed by atoms with van der Waals surface area (Å²) >= 11 is 1.68. The number of aromatic amines is 2. The molecule has 8 nitrogen and oxygen atoms in total. The van der Waals surface area contributed by atoms with Crippen LogP contribution in [0.5, 0.6) is 0 Å². The number of rotatable bonds is 7. The molecule has 3 N–H and O–H groups in total. The molecule has 0 aromatic carbocycles. The van der Waals surface area contributed by atoms with E-state index in [1.807, 2.05) is 37.1 Å². The first-order valence-corrected chi connectivity index (χ1v) is 13.6. The van der Waals surface area contributed by atoms with Gasteiger partial charge >= 0.3 is 0 Å². The monoisotopic (exact) mass is 522 g/mol. The molecular formula is C29H30N8S. The molecule has 38 heavy (non-hydrogen) atoms. The van der Waals surface area contributed by atoms with Crippen molar-refractivity contribution in [3.05, 3.63) is 66.2 Å². The molecule has 192 valence electrons. The number of nitrogens with zero attached hydrogens (tertiary/aromatic N) is 5. The van der Waals surface area contributed by atoms with E-state index in [1.54, 1.807) is 11.3 Å². The number of aromatic nitrogens is 7. The molecule has 9 heteroatoms. The van der Waals surface area contributed by atoms with Crippen LogP contribution >= 0.6 is 11.3 Å². The van der Waals surface area contributed by atoms with Crippen molar-refractivity contribution in [1.29, 1.82) is 0 Å². The van der Waals surface area contributed by atoms with Crippen LogP contribution in [0, 0.1) is 5.92 Å². The molecule has 0 spiro atoms. The molecule has 6 aromatic rings. The molecule has 1 fully saturated rings. The topological polar surface area (TPSA) is 108 Å². The van der Waals surface area contributed by atoms with Gasteiger partial charge in [-0.15, -0.1) is 11.3 Å². The Morgan fingerprint density at radius 3 is 2.74 bits per heavy atom. The van der Waals surface area contributed by atoms with E-state index in [9.17, 15) is 0 Å². The molecule has 0 saturated heterocycles. The molecule has 6 heterocycles. The van der Waals surface area contributed by atoms with E-state index in [0.717, 1.165) is 62.7 Å². The molecule has 1 saturated carbocycles. The summed E-state index contributed by atoms with van der Waals surface area (Å²) < 4.78 is 0. The summed E-state index contributed by atoms with van der Waals surface area (Å²) in [5.74, 6) is 1.53. The van der Waals surface area contributed by atoms with Crippen LogP contribution in [0.4, 0.5) is 0 Å². The summed E-state index contributed by atoms with van der Waals surface area (Å²) in [5.41, 5.74) is 7.46. The van der Waals surface area contributed by atoms with Crippen LogP contribution in [0.2, 0.25) is 0 Å². The highest BCUT2D eigenvalue weighted by molar-refractivity contribution is 7.13. The van der Waals surface area contributed by atoms with Gasteiger partial charge in [0.1, 0.15) is 11.2 Å². The van der Waals surface area contributed by atoms with Crippen molar-refractivity contribution in [2.75, 3.05) is 6.54 Å². The molecule has 1 aliphatic rings. The molecule has 0 amide bonds. The molecule has 7 rings (SSSR count). The largest absolute Gasteiger partial charge is 0.335 e. The minimum atomic E-state index is 0. The molecule has 0 bridgehead atoms. The van der Waals surface area contributed by atoms with Crippen LogP contribution in [0.25, 0.3) is 55.2 Å². The van der Waals surface area contributed by atoms with Gasteiger partial charge in [-0.25, -0.2) is 9.97 Å². The third-order valence-corrected chi connectivity index (χ3v) is 8.10. The summed E-state index contributed by atoms with van der Waals surface area (Å²) in [6.45, 7) is 1.90. The van der Waals surface area contributed by atoms with Gasteiger partial charge in [0.15, 0.2) is 11.5 Å². The van der Waals surface area contributed by atoms with Crippen molar-refractivity contribution in [1.82, 2.24) is 40.4 Å². The Labute approximate surface area is 225 Å². The van der Waals surface area contributed by atoms with Crippen LogP contribution in [0.15, 0.2) is 60.6 Å². The highest BCUT2D eigenvalue weighted by atomic mass is 32.1. The van der Waals surface area contributed by atoms with Gasteiger partial charge in [-0.2, -0.15) is 5.10 Å². The predicted octanol–water partition coefficient (Wildman–Crippen LogP) is 6.60. The van der Waals surface area contributed by atoms with Crippen LogP contribution < -0.4 is 5.32 Å². The lowest BCUT2D eigenvalue weighted by atomic mass is 10.1. The Hall–Kier alpha value is -3.95. The number of hydrogen-bond acceptors (Lipinski definition) is 7. The summed E-state index contributed by atoms with van der Waals surface area (Å²) in [4.78, 5) is 23.0. The average Bonchev–Trinajstić information content (AvgIpc) is 3.74. The molecule has 6 aromatic heterocycles. The lowest BCUT2D eigenvalue weighted by Gasteiger charge is -2.11. The Morgan fingerprint density at radius 1 is 1.00 bits per heavy atom. The van der Waals surface area contributed by atoms with Crippen molar-refractivity contribution >= 4 is 33.4 Å². The van der Waals surface area contributed by atoms with Gasteiger partial charge in [0, 0.05) is 52.9 Å². The van der Waals surface area contributed by atoms with Gasteiger partial charge in [0.2, 0.25) is 0 Å². The molecule has 0 atom stereocenters. The smallest absolute Gasteiger partial charge is 0.181 e. The standard InChI is InChI=1S/C28H26N8S.CH4/c1-2-5-17(4-1)10-29-11-18-8-19(13-30-12-18)20-9-21-26(35-36-27(21)32-14-20)28-33-23-16-31-15-22(25(23)34-28)24-6-3-7-37-24;/h3,6-9,12-17,29H,1-2,4-5,10-11H2,(H,33,34)(H,32,35,36);1H4. The zero-order chi connectivity index (χ0) is 24.6. The quantitative estimate of drug-likeness (QED) is 0.218. The Bertz CT molecular complexity index is 1680. The molecular weight excluding hydrogens is 492 g/mol. The predicted molar refractivity (Wildman–Crippen MR) is 154 cm³/mol. The maximum Gasteiger partial charge on any atom is 0.181 e. The normalized spacial score (nSPS) is 13.9. The van der Waals surface area contributed by atoms with Crippen molar-refractivity contribution in [2.45, 2.75) is 39.7 Å².